The molecule has 2 aromatic heterocycles. The normalized spacial score (nSPS) is 11.6. The molecule has 0 atom stereocenters. The minimum Gasteiger partial charge on any atom is -0.309 e. The summed E-state index contributed by atoms with van der Waals surface area (Å²) in [7, 11) is 0. The molecule has 286 valence electrons. The second-order valence-corrected chi connectivity index (χ2v) is 15.7. The Labute approximate surface area is 354 Å². The molecule has 0 unspecified atom stereocenters. The fourth-order valence-corrected chi connectivity index (χ4v) is 9.63. The van der Waals surface area contributed by atoms with Gasteiger partial charge in [0.2, 0.25) is 0 Å². The first-order valence-corrected chi connectivity index (χ1v) is 20.9. The van der Waals surface area contributed by atoms with E-state index in [-0.39, 0.29) is 0 Å². The van der Waals surface area contributed by atoms with Crippen LogP contribution in [0.2, 0.25) is 0 Å². The molecule has 0 bridgehead atoms. The van der Waals surface area contributed by atoms with Gasteiger partial charge in [-0.1, -0.05) is 164 Å². The van der Waals surface area contributed by atoms with Gasteiger partial charge < -0.3 is 14.0 Å². The van der Waals surface area contributed by atoms with Crippen LogP contribution in [0.15, 0.2) is 237 Å². The van der Waals surface area contributed by atoms with Gasteiger partial charge in [0, 0.05) is 44.2 Å². The van der Waals surface area contributed by atoms with Gasteiger partial charge in [-0.15, -0.1) is 0 Å². The van der Waals surface area contributed by atoms with Crippen LogP contribution < -0.4 is 4.90 Å². The first-order chi connectivity index (χ1) is 30.3. The van der Waals surface area contributed by atoms with Crippen molar-refractivity contribution in [2.45, 2.75) is 0 Å². The van der Waals surface area contributed by atoms with E-state index >= 15 is 0 Å². The van der Waals surface area contributed by atoms with Crippen molar-refractivity contribution in [1.29, 1.82) is 0 Å². The maximum atomic E-state index is 2.46. The second-order valence-electron chi connectivity index (χ2n) is 15.7. The first kappa shape index (κ1) is 34.9. The second kappa shape index (κ2) is 14.3. The number of para-hydroxylation sites is 5. The van der Waals surface area contributed by atoms with E-state index in [0.717, 1.165) is 39.5 Å². The Hall–Kier alpha value is -8.14. The van der Waals surface area contributed by atoms with Gasteiger partial charge in [-0.3, -0.25) is 0 Å². The van der Waals surface area contributed by atoms with Crippen LogP contribution in [0, 0.1) is 0 Å². The fraction of sp³-hybridized carbons (Fsp3) is 0. The van der Waals surface area contributed by atoms with Gasteiger partial charge in [-0.2, -0.15) is 0 Å². The van der Waals surface area contributed by atoms with E-state index in [0.29, 0.717) is 0 Å². The third-order valence-electron chi connectivity index (χ3n) is 12.3. The predicted octanol–water partition coefficient (Wildman–Crippen LogP) is 15.8. The molecule has 2 heterocycles. The predicted molar refractivity (Wildman–Crippen MR) is 258 cm³/mol. The summed E-state index contributed by atoms with van der Waals surface area (Å²) in [6.07, 6.45) is 0. The molecule has 12 aromatic rings. The molecule has 0 aliphatic carbocycles. The van der Waals surface area contributed by atoms with E-state index < -0.39 is 0 Å². The highest BCUT2D eigenvalue weighted by molar-refractivity contribution is 6.17. The molecule has 0 saturated carbocycles. The quantitative estimate of drug-likeness (QED) is 0.157. The Morgan fingerprint density at radius 2 is 0.803 bits per heavy atom. The van der Waals surface area contributed by atoms with Crippen molar-refractivity contribution in [2.75, 3.05) is 4.90 Å². The van der Waals surface area contributed by atoms with E-state index in [2.05, 4.69) is 251 Å². The Balaban J connectivity index is 1.08. The van der Waals surface area contributed by atoms with Crippen LogP contribution in [0.5, 0.6) is 0 Å². The molecule has 0 amide bonds. The molecule has 10 aromatic carbocycles. The minimum absolute atomic E-state index is 1.08. The van der Waals surface area contributed by atoms with Crippen LogP contribution in [0.4, 0.5) is 17.1 Å². The SMILES string of the molecule is c1ccc(-c2ccccc2N(c2ccc(-c3cc(-n4c5ccccc5c5ccccc54)cc4ccccc34)cc2)c2cccc3c2c2ccccc2n3-c2ccccc2)cc1. The number of aromatic nitrogens is 2. The monoisotopic (exact) mass is 777 g/mol. The summed E-state index contributed by atoms with van der Waals surface area (Å²) in [5.41, 5.74) is 15.1. The summed E-state index contributed by atoms with van der Waals surface area (Å²) >= 11 is 0. The van der Waals surface area contributed by atoms with E-state index in [1.807, 2.05) is 0 Å². The van der Waals surface area contributed by atoms with Gasteiger partial charge in [0.25, 0.3) is 0 Å². The van der Waals surface area contributed by atoms with E-state index in [4.69, 9.17) is 0 Å². The maximum absolute atomic E-state index is 2.46. The number of hydrogen-bond acceptors (Lipinski definition) is 1. The molecule has 0 spiro atoms. The lowest BCUT2D eigenvalue weighted by molar-refractivity contribution is 1.18. The molecule has 61 heavy (non-hydrogen) atoms. The highest BCUT2D eigenvalue weighted by Crippen LogP contribution is 2.47. The lowest BCUT2D eigenvalue weighted by atomic mass is 9.96. The van der Waals surface area contributed by atoms with Gasteiger partial charge in [-0.05, 0) is 100 Å². The Bertz CT molecular complexity index is 3530. The van der Waals surface area contributed by atoms with Crippen LogP contribution >= 0.6 is 0 Å². The summed E-state index contributed by atoms with van der Waals surface area (Å²) in [6.45, 7) is 0. The van der Waals surface area contributed by atoms with Crippen molar-refractivity contribution in [3.05, 3.63) is 237 Å². The molecular weight excluding hydrogens is 739 g/mol. The largest absolute Gasteiger partial charge is 0.309 e. The Morgan fingerprint density at radius 1 is 0.295 bits per heavy atom. The molecule has 3 nitrogen and oxygen atoms in total. The van der Waals surface area contributed by atoms with Crippen molar-refractivity contribution in [3.8, 4) is 33.6 Å². The number of benzene rings is 10. The third-order valence-corrected chi connectivity index (χ3v) is 12.3. The van der Waals surface area contributed by atoms with Crippen molar-refractivity contribution < 1.29 is 0 Å². The molecule has 0 N–H and O–H groups in total. The zero-order chi connectivity index (χ0) is 40.3. The van der Waals surface area contributed by atoms with Gasteiger partial charge in [-0.25, -0.2) is 0 Å². The van der Waals surface area contributed by atoms with Crippen LogP contribution in [-0.2, 0) is 0 Å². The van der Waals surface area contributed by atoms with Crippen molar-refractivity contribution in [3.63, 3.8) is 0 Å². The number of rotatable bonds is 7. The molecule has 3 heteroatoms. The summed E-state index contributed by atoms with van der Waals surface area (Å²) in [4.78, 5) is 2.46. The standard InChI is InChI=1S/C58H39N3/c1-3-18-40(19-4-1)47-24-9-13-28-52(47)60(57-33-17-32-56-58(57)50-27-12-16-31-55(50)59(56)43-21-5-2-6-22-43)44-36-34-41(35-37-44)51-39-45(38-42-20-7-8-23-46(42)51)61-53-29-14-10-25-48(53)49-26-11-15-30-54(49)61/h1-39H. The van der Waals surface area contributed by atoms with E-state index in [1.54, 1.807) is 0 Å². The van der Waals surface area contributed by atoms with Crippen molar-refractivity contribution in [2.24, 2.45) is 0 Å². The zero-order valence-electron chi connectivity index (χ0n) is 33.4. The lowest BCUT2D eigenvalue weighted by Crippen LogP contribution is -2.11. The van der Waals surface area contributed by atoms with Gasteiger partial charge in [0.05, 0.1) is 33.4 Å². The summed E-state index contributed by atoms with van der Waals surface area (Å²) in [6, 6.07) is 85.9. The third kappa shape index (κ3) is 5.66. The van der Waals surface area contributed by atoms with Gasteiger partial charge >= 0.3 is 0 Å². The molecule has 0 aliphatic rings. The number of nitrogens with zero attached hydrogens (tertiary/aromatic N) is 3. The number of hydrogen-bond donors (Lipinski definition) is 0. The topological polar surface area (TPSA) is 13.1 Å². The lowest BCUT2D eigenvalue weighted by Gasteiger charge is -2.29. The molecule has 0 fully saturated rings. The highest BCUT2D eigenvalue weighted by Gasteiger charge is 2.23. The van der Waals surface area contributed by atoms with Crippen molar-refractivity contribution >= 4 is 71.4 Å². The van der Waals surface area contributed by atoms with Crippen LogP contribution in [0.1, 0.15) is 0 Å². The zero-order valence-corrected chi connectivity index (χ0v) is 33.4. The molecule has 0 aliphatic heterocycles. The molecule has 0 saturated heterocycles. The van der Waals surface area contributed by atoms with Crippen molar-refractivity contribution in [1.82, 2.24) is 9.13 Å². The molecule has 0 radical (unpaired) electrons. The summed E-state index contributed by atoms with van der Waals surface area (Å²) < 4.78 is 4.82. The van der Waals surface area contributed by atoms with Gasteiger partial charge in [0.1, 0.15) is 0 Å². The highest BCUT2D eigenvalue weighted by atomic mass is 15.2. The average Bonchev–Trinajstić information content (AvgIpc) is 3.86. The van der Waals surface area contributed by atoms with Crippen LogP contribution in [0.3, 0.4) is 0 Å². The van der Waals surface area contributed by atoms with Crippen LogP contribution in [0.25, 0.3) is 88.0 Å². The summed E-state index contributed by atoms with van der Waals surface area (Å²) in [5.74, 6) is 0. The maximum Gasteiger partial charge on any atom is 0.0562 e. The fourth-order valence-electron chi connectivity index (χ4n) is 9.63. The first-order valence-electron chi connectivity index (χ1n) is 20.9. The molecular formula is C58H39N3. The number of anilines is 3. The van der Waals surface area contributed by atoms with Crippen LogP contribution in [-0.4, -0.2) is 9.13 Å². The van der Waals surface area contributed by atoms with E-state index in [9.17, 15) is 0 Å². The van der Waals surface area contributed by atoms with E-state index in [1.165, 1.54) is 65.6 Å². The number of fused-ring (bicyclic) bond motifs is 7. The Kier molecular flexibility index (Phi) is 8.17. The van der Waals surface area contributed by atoms with Gasteiger partial charge in [0.15, 0.2) is 0 Å². The summed E-state index contributed by atoms with van der Waals surface area (Å²) in [5, 5.41) is 7.37. The minimum atomic E-state index is 1.08. The Morgan fingerprint density at radius 3 is 1.52 bits per heavy atom. The molecule has 12 rings (SSSR count). The average molecular weight is 778 g/mol. The smallest absolute Gasteiger partial charge is 0.0562 e.